The average molecular weight is 264 g/mol. The first-order valence-corrected chi connectivity index (χ1v) is 6.73. The molecular weight excluding hydrogens is 248 g/mol. The molecule has 1 aliphatic rings. The van der Waals surface area contributed by atoms with Crippen molar-refractivity contribution in [2.24, 2.45) is 10.6 Å². The van der Waals surface area contributed by atoms with E-state index < -0.39 is 0 Å². The van der Waals surface area contributed by atoms with E-state index in [2.05, 4.69) is 55.4 Å². The van der Waals surface area contributed by atoms with Gasteiger partial charge in [-0.1, -0.05) is 55.4 Å². The van der Waals surface area contributed by atoms with Crippen LogP contribution in [0.4, 0.5) is 0 Å². The summed E-state index contributed by atoms with van der Waals surface area (Å²) in [6.45, 7) is 4.16. The number of nitriles is 1. The molecule has 0 spiro atoms. The lowest BCUT2D eigenvalue weighted by Crippen LogP contribution is -2.33. The Hall–Kier alpha value is -2.34. The standard InChI is InChI=1S/C17H16N2O/c1-17(2)15(9-10-18)20-19-16(17)14-8-7-12-5-3-4-6-13(12)11-14/h3-8,11,15H,9H2,1-2H3. The van der Waals surface area contributed by atoms with Gasteiger partial charge in [0.1, 0.15) is 0 Å². The van der Waals surface area contributed by atoms with Crippen LogP contribution in [0, 0.1) is 16.7 Å². The van der Waals surface area contributed by atoms with Gasteiger partial charge in [-0.2, -0.15) is 5.26 Å². The third-order valence-corrected chi connectivity index (χ3v) is 3.99. The molecule has 0 fully saturated rings. The molecule has 3 nitrogen and oxygen atoms in total. The van der Waals surface area contributed by atoms with Crippen molar-refractivity contribution in [3.63, 3.8) is 0 Å². The SMILES string of the molecule is CC1(C)C(c2ccc3ccccc3c2)=NOC1CC#N. The molecule has 3 heteroatoms. The predicted molar refractivity (Wildman–Crippen MR) is 79.4 cm³/mol. The fourth-order valence-electron chi connectivity index (χ4n) is 2.65. The Morgan fingerprint density at radius 2 is 1.95 bits per heavy atom. The summed E-state index contributed by atoms with van der Waals surface area (Å²) in [4.78, 5) is 5.45. The van der Waals surface area contributed by atoms with E-state index in [0.29, 0.717) is 6.42 Å². The highest BCUT2D eigenvalue weighted by atomic mass is 16.6. The Morgan fingerprint density at radius 3 is 2.70 bits per heavy atom. The van der Waals surface area contributed by atoms with Crippen LogP contribution in [-0.4, -0.2) is 11.8 Å². The predicted octanol–water partition coefficient (Wildman–Crippen LogP) is 3.88. The van der Waals surface area contributed by atoms with Gasteiger partial charge in [0, 0.05) is 5.56 Å². The molecule has 1 aliphatic heterocycles. The van der Waals surface area contributed by atoms with Crippen LogP contribution in [0.25, 0.3) is 10.8 Å². The molecule has 20 heavy (non-hydrogen) atoms. The van der Waals surface area contributed by atoms with Crippen LogP contribution < -0.4 is 0 Å². The minimum Gasteiger partial charge on any atom is -0.390 e. The van der Waals surface area contributed by atoms with Crippen LogP contribution in [0.3, 0.4) is 0 Å². The molecule has 3 rings (SSSR count). The third-order valence-electron chi connectivity index (χ3n) is 3.99. The molecule has 0 saturated carbocycles. The summed E-state index contributed by atoms with van der Waals surface area (Å²) >= 11 is 0. The number of oxime groups is 1. The van der Waals surface area contributed by atoms with Crippen molar-refractivity contribution in [2.75, 3.05) is 0 Å². The van der Waals surface area contributed by atoms with Crippen molar-refractivity contribution in [3.05, 3.63) is 48.0 Å². The molecule has 0 radical (unpaired) electrons. The van der Waals surface area contributed by atoms with Gasteiger partial charge >= 0.3 is 0 Å². The number of hydrogen-bond donors (Lipinski definition) is 0. The highest BCUT2D eigenvalue weighted by Gasteiger charge is 2.42. The largest absolute Gasteiger partial charge is 0.390 e. The molecule has 1 heterocycles. The summed E-state index contributed by atoms with van der Waals surface area (Å²) in [5.41, 5.74) is 1.73. The Balaban J connectivity index is 2.02. The molecule has 0 bridgehead atoms. The van der Waals surface area contributed by atoms with Crippen molar-refractivity contribution in [2.45, 2.75) is 26.4 Å². The number of rotatable bonds is 2. The monoisotopic (exact) mass is 264 g/mol. The van der Waals surface area contributed by atoms with Crippen LogP contribution in [0.15, 0.2) is 47.6 Å². The summed E-state index contributed by atoms with van der Waals surface area (Å²) in [5.74, 6) is 0. The van der Waals surface area contributed by atoms with Gasteiger partial charge in [-0.25, -0.2) is 0 Å². The van der Waals surface area contributed by atoms with Gasteiger partial charge in [0.25, 0.3) is 0 Å². The van der Waals surface area contributed by atoms with Gasteiger partial charge in [0.05, 0.1) is 23.6 Å². The lowest BCUT2D eigenvalue weighted by Gasteiger charge is -2.24. The third kappa shape index (κ3) is 1.94. The van der Waals surface area contributed by atoms with Crippen LogP contribution in [0.1, 0.15) is 25.8 Å². The van der Waals surface area contributed by atoms with Crippen LogP contribution >= 0.6 is 0 Å². The number of fused-ring (bicyclic) bond motifs is 1. The number of hydrogen-bond acceptors (Lipinski definition) is 3. The van der Waals surface area contributed by atoms with Gasteiger partial charge in [0.2, 0.25) is 0 Å². The normalized spacial score (nSPS) is 20.2. The lowest BCUT2D eigenvalue weighted by atomic mass is 9.78. The summed E-state index contributed by atoms with van der Waals surface area (Å²) in [5, 5.41) is 15.5. The first kappa shape index (κ1) is 12.7. The molecule has 0 saturated heterocycles. The van der Waals surface area contributed by atoms with Gasteiger partial charge in [-0.15, -0.1) is 0 Å². The van der Waals surface area contributed by atoms with E-state index >= 15 is 0 Å². The van der Waals surface area contributed by atoms with E-state index in [9.17, 15) is 0 Å². The van der Waals surface area contributed by atoms with Crippen molar-refractivity contribution in [1.82, 2.24) is 0 Å². The van der Waals surface area contributed by atoms with E-state index in [1.807, 2.05) is 12.1 Å². The quantitative estimate of drug-likeness (QED) is 0.826. The fraction of sp³-hybridized carbons (Fsp3) is 0.294. The Bertz CT molecular complexity index is 725. The van der Waals surface area contributed by atoms with Crippen molar-refractivity contribution < 1.29 is 4.84 Å². The molecule has 0 N–H and O–H groups in total. The van der Waals surface area contributed by atoms with E-state index in [1.54, 1.807) is 0 Å². The van der Waals surface area contributed by atoms with Gasteiger partial charge in [-0.05, 0) is 16.8 Å². The molecule has 0 aromatic heterocycles. The molecular formula is C17H16N2O. The minimum absolute atomic E-state index is 0.172. The maximum Gasteiger partial charge on any atom is 0.151 e. The average Bonchev–Trinajstić information content (AvgIpc) is 2.74. The Labute approximate surface area is 118 Å². The van der Waals surface area contributed by atoms with Gasteiger partial charge in [0.15, 0.2) is 6.10 Å². The molecule has 1 unspecified atom stereocenters. The molecule has 100 valence electrons. The summed E-state index contributed by atoms with van der Waals surface area (Å²) in [6.07, 6.45) is 0.182. The lowest BCUT2D eigenvalue weighted by molar-refractivity contribution is 0.0403. The van der Waals surface area contributed by atoms with Crippen LogP contribution in [-0.2, 0) is 4.84 Å². The maximum atomic E-state index is 8.88. The topological polar surface area (TPSA) is 45.4 Å². The number of nitrogens with zero attached hydrogens (tertiary/aromatic N) is 2. The Kier molecular flexibility index (Phi) is 2.94. The highest BCUT2D eigenvalue weighted by Crippen LogP contribution is 2.36. The van der Waals surface area contributed by atoms with E-state index in [4.69, 9.17) is 10.1 Å². The van der Waals surface area contributed by atoms with Gasteiger partial charge < -0.3 is 4.84 Å². The van der Waals surface area contributed by atoms with Gasteiger partial charge in [-0.3, -0.25) is 0 Å². The first-order valence-electron chi connectivity index (χ1n) is 6.73. The zero-order valence-corrected chi connectivity index (χ0v) is 11.6. The van der Waals surface area contributed by atoms with Crippen molar-refractivity contribution in [3.8, 4) is 6.07 Å². The van der Waals surface area contributed by atoms with Crippen molar-refractivity contribution >= 4 is 16.5 Å². The maximum absolute atomic E-state index is 8.88. The Morgan fingerprint density at radius 1 is 1.20 bits per heavy atom. The zero-order chi connectivity index (χ0) is 14.2. The van der Waals surface area contributed by atoms with E-state index in [1.165, 1.54) is 10.8 Å². The summed E-state index contributed by atoms with van der Waals surface area (Å²) in [6, 6.07) is 16.7. The highest BCUT2D eigenvalue weighted by molar-refractivity contribution is 6.07. The van der Waals surface area contributed by atoms with Crippen LogP contribution in [0.2, 0.25) is 0 Å². The molecule has 0 aliphatic carbocycles. The second kappa shape index (κ2) is 4.64. The molecule has 2 aromatic rings. The van der Waals surface area contributed by atoms with Crippen molar-refractivity contribution in [1.29, 1.82) is 5.26 Å². The summed E-state index contributed by atoms with van der Waals surface area (Å²) < 4.78 is 0. The van der Waals surface area contributed by atoms with Crippen LogP contribution in [0.5, 0.6) is 0 Å². The minimum atomic E-state index is -0.252. The number of benzene rings is 2. The summed E-state index contributed by atoms with van der Waals surface area (Å²) in [7, 11) is 0. The molecule has 1 atom stereocenters. The van der Waals surface area contributed by atoms with E-state index in [-0.39, 0.29) is 11.5 Å². The smallest absolute Gasteiger partial charge is 0.151 e. The molecule has 2 aromatic carbocycles. The molecule has 0 amide bonds. The second-order valence-electron chi connectivity index (χ2n) is 5.68. The zero-order valence-electron chi connectivity index (χ0n) is 11.6. The van der Waals surface area contributed by atoms with E-state index in [0.717, 1.165) is 11.3 Å². The first-order chi connectivity index (χ1) is 9.63. The second-order valence-corrected chi connectivity index (χ2v) is 5.68. The fourth-order valence-corrected chi connectivity index (χ4v) is 2.65.